The maximum atomic E-state index is 12.4. The average Bonchev–Trinajstić information content (AvgIpc) is 3.32. The van der Waals surface area contributed by atoms with Crippen molar-refractivity contribution < 1.29 is 34.4 Å². The quantitative estimate of drug-likeness (QED) is 0.115. The summed E-state index contributed by atoms with van der Waals surface area (Å²) in [5, 5.41) is 4.35. The molecule has 1 heterocycles. The third-order valence-corrected chi connectivity index (χ3v) is 9.83. The van der Waals surface area contributed by atoms with Crippen LogP contribution in [-0.2, 0) is 20.2 Å². The van der Waals surface area contributed by atoms with Crippen molar-refractivity contribution in [3.63, 3.8) is 0 Å². The predicted octanol–water partition coefficient (Wildman–Crippen LogP) is 5.99. The Morgan fingerprint density at radius 1 is 1.09 bits per heavy atom. The van der Waals surface area contributed by atoms with Crippen LogP contribution >= 0.6 is 35.4 Å². The molecule has 1 aliphatic rings. The minimum absolute atomic E-state index is 0.122. The first-order valence-corrected chi connectivity index (χ1v) is 18.7. The summed E-state index contributed by atoms with van der Waals surface area (Å²) in [6, 6.07) is 12.0. The molecule has 0 saturated heterocycles. The second-order valence-corrected chi connectivity index (χ2v) is 15.2. The normalized spacial score (nSPS) is 16.8. The van der Waals surface area contributed by atoms with Gasteiger partial charge in [0.25, 0.3) is 10.1 Å². The van der Waals surface area contributed by atoms with Crippen LogP contribution < -0.4 is 15.2 Å². The van der Waals surface area contributed by atoms with Crippen molar-refractivity contribution in [3.05, 3.63) is 63.9 Å². The standard InChI is InChI=1S/C26H29Cl2FN4O3S2.C3H7FO3S/c1-16-24(26(37)31-19-5-2-4-18(30)15-19)32-25(22-11-6-17(27)14-23(22)28)33(16)20-7-9-21(10-8-20)36-38(34,35)13-3-12-29;4-2-1-3-8(5,6)7/h6-11,14,18-19H,2-5,12-13,15,30H2,1H3,(H,31,37);1-3H2,(H,5,6,7). The molecule has 17 heteroatoms. The zero-order chi connectivity index (χ0) is 34.1. The maximum Gasteiger partial charge on any atom is 0.309 e. The van der Waals surface area contributed by atoms with Gasteiger partial charge in [-0.1, -0.05) is 35.4 Å². The van der Waals surface area contributed by atoms with Crippen LogP contribution in [0.4, 0.5) is 8.78 Å². The van der Waals surface area contributed by atoms with E-state index in [0.717, 1.165) is 31.4 Å². The minimum atomic E-state index is -3.93. The van der Waals surface area contributed by atoms with Crippen molar-refractivity contribution in [1.29, 1.82) is 0 Å². The van der Waals surface area contributed by atoms with E-state index in [1.54, 1.807) is 30.3 Å². The summed E-state index contributed by atoms with van der Waals surface area (Å²) in [5.74, 6) is -0.204. The van der Waals surface area contributed by atoms with E-state index in [-0.39, 0.29) is 30.7 Å². The van der Waals surface area contributed by atoms with Gasteiger partial charge in [-0.05, 0) is 87.9 Å². The Hall–Kier alpha value is -2.40. The second kappa shape index (κ2) is 17.1. The molecule has 1 saturated carbocycles. The molecule has 10 nitrogen and oxygen atoms in total. The van der Waals surface area contributed by atoms with E-state index >= 15 is 0 Å². The third kappa shape index (κ3) is 11.4. The Bertz CT molecular complexity index is 1710. The first kappa shape index (κ1) is 38.1. The highest BCUT2D eigenvalue weighted by molar-refractivity contribution is 7.87. The SMILES string of the molecule is Cc1c(C(=S)NC2CCCC(N)C2)nc(-c2ccc(Cl)cc2Cl)n1-c1ccc(OS(=O)(=O)CCCF)cc1.O=S(=O)(O)CCCF. The zero-order valence-corrected chi connectivity index (χ0v) is 28.9. The van der Waals surface area contributed by atoms with E-state index in [1.165, 1.54) is 12.1 Å². The molecule has 46 heavy (non-hydrogen) atoms. The van der Waals surface area contributed by atoms with Crippen molar-refractivity contribution in [2.75, 3.05) is 24.9 Å². The van der Waals surface area contributed by atoms with Crippen LogP contribution in [0.15, 0.2) is 42.5 Å². The molecular formula is C29H36Cl2F2N4O6S3. The Morgan fingerprint density at radius 3 is 2.30 bits per heavy atom. The van der Waals surface area contributed by atoms with Crippen LogP contribution in [0.1, 0.15) is 49.9 Å². The fourth-order valence-corrected chi connectivity index (χ4v) is 7.08. The Labute approximate surface area is 283 Å². The number of thiocarbonyl (C=S) groups is 1. The number of rotatable bonds is 12. The number of aromatic nitrogens is 2. The van der Waals surface area contributed by atoms with E-state index in [4.69, 9.17) is 54.9 Å². The van der Waals surface area contributed by atoms with Gasteiger partial charge >= 0.3 is 10.1 Å². The fourth-order valence-electron chi connectivity index (χ4n) is 4.80. The summed E-state index contributed by atoms with van der Waals surface area (Å²) in [6.07, 6.45) is 3.62. The molecule has 0 bridgehead atoms. The molecule has 0 spiro atoms. The highest BCUT2D eigenvalue weighted by Crippen LogP contribution is 2.34. The number of halogens is 4. The maximum absolute atomic E-state index is 12.4. The van der Waals surface area contributed by atoms with Crippen molar-refractivity contribution in [3.8, 4) is 22.8 Å². The summed E-state index contributed by atoms with van der Waals surface area (Å²) < 4.78 is 82.2. The summed E-state index contributed by atoms with van der Waals surface area (Å²) in [4.78, 5) is 5.40. The first-order valence-electron chi connectivity index (χ1n) is 14.3. The van der Waals surface area contributed by atoms with Gasteiger partial charge in [-0.3, -0.25) is 17.9 Å². The average molecular weight is 742 g/mol. The Balaban J connectivity index is 0.000000637. The first-order chi connectivity index (χ1) is 21.6. The molecule has 0 radical (unpaired) electrons. The highest BCUT2D eigenvalue weighted by Gasteiger charge is 2.25. The van der Waals surface area contributed by atoms with E-state index < -0.39 is 45.1 Å². The van der Waals surface area contributed by atoms with E-state index in [1.807, 2.05) is 11.5 Å². The number of alkyl halides is 2. The van der Waals surface area contributed by atoms with Crippen LogP contribution in [0.25, 0.3) is 17.1 Å². The lowest BCUT2D eigenvalue weighted by atomic mass is 9.91. The molecule has 2 unspecified atom stereocenters. The van der Waals surface area contributed by atoms with Crippen molar-refractivity contribution in [2.24, 2.45) is 5.73 Å². The number of imidazole rings is 1. The van der Waals surface area contributed by atoms with Crippen molar-refractivity contribution in [2.45, 2.75) is 57.5 Å². The minimum Gasteiger partial charge on any atom is -0.382 e. The monoisotopic (exact) mass is 740 g/mol. The number of nitrogens with two attached hydrogens (primary N) is 1. The van der Waals surface area contributed by atoms with Gasteiger partial charge in [0.15, 0.2) is 0 Å². The molecule has 2 atom stereocenters. The second-order valence-electron chi connectivity index (χ2n) is 10.6. The highest BCUT2D eigenvalue weighted by atomic mass is 35.5. The van der Waals surface area contributed by atoms with Crippen LogP contribution in [0.2, 0.25) is 10.0 Å². The third-order valence-electron chi connectivity index (χ3n) is 6.93. The molecule has 1 aromatic heterocycles. The summed E-state index contributed by atoms with van der Waals surface area (Å²) in [7, 11) is -7.82. The lowest BCUT2D eigenvalue weighted by Gasteiger charge is -2.28. The number of hydrogen-bond donors (Lipinski definition) is 3. The largest absolute Gasteiger partial charge is 0.382 e. The molecule has 4 N–H and O–H groups in total. The molecule has 0 aliphatic heterocycles. The fraction of sp³-hybridized carbons (Fsp3) is 0.448. The molecule has 2 aromatic carbocycles. The number of nitrogens with one attached hydrogen (secondary N) is 1. The van der Waals surface area contributed by atoms with Gasteiger partial charge in [0.05, 0.1) is 35.6 Å². The van der Waals surface area contributed by atoms with Gasteiger partial charge in [0.1, 0.15) is 22.3 Å². The zero-order valence-electron chi connectivity index (χ0n) is 25.0. The van der Waals surface area contributed by atoms with Crippen LogP contribution in [-0.4, -0.2) is 72.9 Å². The molecule has 0 amide bonds. The molecule has 1 aliphatic carbocycles. The van der Waals surface area contributed by atoms with E-state index in [9.17, 15) is 25.6 Å². The number of nitrogens with zero attached hydrogens (tertiary/aromatic N) is 2. The summed E-state index contributed by atoms with van der Waals surface area (Å²) in [5.41, 5.74) is 8.88. The molecule has 3 aromatic rings. The van der Waals surface area contributed by atoms with Crippen molar-refractivity contribution >= 4 is 60.6 Å². The van der Waals surface area contributed by atoms with Crippen LogP contribution in [0.5, 0.6) is 5.75 Å². The van der Waals surface area contributed by atoms with Gasteiger partial charge in [0.2, 0.25) is 0 Å². The number of hydrogen-bond acceptors (Lipinski definition) is 8. The van der Waals surface area contributed by atoms with Crippen LogP contribution in [0.3, 0.4) is 0 Å². The predicted molar refractivity (Wildman–Crippen MR) is 181 cm³/mol. The Kier molecular flexibility index (Phi) is 14.2. The van der Waals surface area contributed by atoms with Gasteiger partial charge in [-0.2, -0.15) is 16.8 Å². The number of benzene rings is 2. The molecule has 1 fully saturated rings. The summed E-state index contributed by atoms with van der Waals surface area (Å²) >= 11 is 18.5. The van der Waals surface area contributed by atoms with Crippen molar-refractivity contribution in [1.82, 2.24) is 14.9 Å². The van der Waals surface area contributed by atoms with Gasteiger partial charge in [-0.15, -0.1) is 0 Å². The van der Waals surface area contributed by atoms with Gasteiger partial charge in [-0.25, -0.2) is 4.98 Å². The smallest absolute Gasteiger partial charge is 0.309 e. The van der Waals surface area contributed by atoms with Gasteiger partial charge < -0.3 is 15.2 Å². The van der Waals surface area contributed by atoms with E-state index in [0.29, 0.717) is 37.8 Å². The lowest BCUT2D eigenvalue weighted by Crippen LogP contribution is -2.42. The molecule has 254 valence electrons. The van der Waals surface area contributed by atoms with Gasteiger partial charge in [0, 0.05) is 28.4 Å². The summed E-state index contributed by atoms with van der Waals surface area (Å²) in [6.45, 7) is 0.464. The molecule has 4 rings (SSSR count). The van der Waals surface area contributed by atoms with E-state index in [2.05, 4.69) is 5.32 Å². The molecular weight excluding hydrogens is 705 g/mol. The lowest BCUT2D eigenvalue weighted by molar-refractivity contribution is 0.371. The van der Waals surface area contributed by atoms with Crippen LogP contribution in [0, 0.1) is 6.92 Å². The Morgan fingerprint density at radius 2 is 1.74 bits per heavy atom. The topological polar surface area (TPSA) is 154 Å².